The van der Waals surface area contributed by atoms with E-state index in [4.69, 9.17) is 9.47 Å². The molecule has 31 heavy (non-hydrogen) atoms. The van der Waals surface area contributed by atoms with Gasteiger partial charge in [0.1, 0.15) is 0 Å². The molecular weight excluding hydrogens is 394 g/mol. The minimum atomic E-state index is -0.368. The van der Waals surface area contributed by atoms with Gasteiger partial charge in [0.2, 0.25) is 18.6 Å². The summed E-state index contributed by atoms with van der Waals surface area (Å²) < 4.78 is 10.7. The topological polar surface area (TPSA) is 71.1 Å². The van der Waals surface area contributed by atoms with Crippen molar-refractivity contribution in [2.45, 2.75) is 33.4 Å². The Balaban J connectivity index is 1.37. The van der Waals surface area contributed by atoms with Crippen LogP contribution >= 0.6 is 0 Å². The molecule has 1 atom stereocenters. The number of hydrogen-bond donors (Lipinski definition) is 1. The van der Waals surface area contributed by atoms with Crippen LogP contribution in [0.15, 0.2) is 42.5 Å². The van der Waals surface area contributed by atoms with Crippen LogP contribution in [0, 0.1) is 5.92 Å². The standard InChI is InChI=1S/C24H29N3O4/c1-3-26(4-2)14-18-8-6-5-7-17(18)13-25-24(29)19-11-23(28)27(15-19)20-9-10-21-22(12-20)31-16-30-21/h5-10,12,19H,3-4,11,13-16H2,1-2H3,(H,25,29). The molecule has 7 nitrogen and oxygen atoms in total. The molecule has 0 bridgehead atoms. The number of carbonyl (C=O) groups excluding carboxylic acids is 2. The normalized spacial score (nSPS) is 17.5. The Hall–Kier alpha value is -3.06. The smallest absolute Gasteiger partial charge is 0.231 e. The highest BCUT2D eigenvalue weighted by molar-refractivity contribution is 6.00. The number of fused-ring (bicyclic) bond motifs is 1. The number of rotatable bonds is 8. The van der Waals surface area contributed by atoms with Crippen molar-refractivity contribution in [2.75, 3.05) is 31.3 Å². The molecule has 2 aliphatic rings. The fourth-order valence-electron chi connectivity index (χ4n) is 4.08. The lowest BCUT2D eigenvalue weighted by molar-refractivity contribution is -0.126. The molecule has 0 aromatic heterocycles. The first-order valence-corrected chi connectivity index (χ1v) is 10.9. The van der Waals surface area contributed by atoms with Crippen LogP contribution in [0.3, 0.4) is 0 Å². The van der Waals surface area contributed by atoms with Crippen LogP contribution in [0.25, 0.3) is 0 Å². The Morgan fingerprint density at radius 3 is 2.61 bits per heavy atom. The van der Waals surface area contributed by atoms with Gasteiger partial charge in [-0.1, -0.05) is 38.1 Å². The second-order valence-corrected chi connectivity index (χ2v) is 7.89. The maximum Gasteiger partial charge on any atom is 0.231 e. The third kappa shape index (κ3) is 4.66. The Bertz CT molecular complexity index is 958. The lowest BCUT2D eigenvalue weighted by atomic mass is 10.1. The first kappa shape index (κ1) is 21.2. The minimum absolute atomic E-state index is 0.0547. The van der Waals surface area contributed by atoms with Crippen LogP contribution in [0.5, 0.6) is 11.5 Å². The maximum atomic E-state index is 12.8. The fourth-order valence-corrected chi connectivity index (χ4v) is 4.08. The lowest BCUT2D eigenvalue weighted by Crippen LogP contribution is -2.33. The number of ether oxygens (including phenoxy) is 2. The molecule has 0 radical (unpaired) electrons. The predicted octanol–water partition coefficient (Wildman–Crippen LogP) is 2.93. The molecule has 1 unspecified atom stereocenters. The molecule has 0 aliphatic carbocycles. The Morgan fingerprint density at radius 1 is 1.10 bits per heavy atom. The summed E-state index contributed by atoms with van der Waals surface area (Å²) in [5, 5.41) is 3.04. The summed E-state index contributed by atoms with van der Waals surface area (Å²) in [4.78, 5) is 29.4. The number of anilines is 1. The molecule has 0 spiro atoms. The molecule has 2 aliphatic heterocycles. The molecule has 2 heterocycles. The number of hydrogen-bond acceptors (Lipinski definition) is 5. The van der Waals surface area contributed by atoms with E-state index < -0.39 is 0 Å². The highest BCUT2D eigenvalue weighted by atomic mass is 16.7. The lowest BCUT2D eigenvalue weighted by Gasteiger charge is -2.20. The summed E-state index contributed by atoms with van der Waals surface area (Å²) in [5.74, 6) is 0.791. The quantitative estimate of drug-likeness (QED) is 0.707. The van der Waals surface area contributed by atoms with Crippen LogP contribution < -0.4 is 19.7 Å². The van der Waals surface area contributed by atoms with E-state index in [-0.39, 0.29) is 30.9 Å². The van der Waals surface area contributed by atoms with Crippen LogP contribution in [-0.4, -0.2) is 43.1 Å². The molecule has 0 saturated carbocycles. The summed E-state index contributed by atoms with van der Waals surface area (Å²) in [5.41, 5.74) is 3.06. The van der Waals surface area contributed by atoms with Gasteiger partial charge in [-0.15, -0.1) is 0 Å². The first-order valence-electron chi connectivity index (χ1n) is 10.9. The summed E-state index contributed by atoms with van der Waals surface area (Å²) >= 11 is 0. The molecular formula is C24H29N3O4. The third-order valence-corrected chi connectivity index (χ3v) is 6.02. The average Bonchev–Trinajstić information content (AvgIpc) is 3.42. The van der Waals surface area contributed by atoms with Crippen molar-refractivity contribution in [2.24, 2.45) is 5.92 Å². The molecule has 7 heteroatoms. The molecule has 1 N–H and O–H groups in total. The highest BCUT2D eigenvalue weighted by Gasteiger charge is 2.35. The predicted molar refractivity (Wildman–Crippen MR) is 118 cm³/mol. The van der Waals surface area contributed by atoms with Gasteiger partial charge in [-0.3, -0.25) is 14.5 Å². The van der Waals surface area contributed by atoms with Crippen molar-refractivity contribution in [3.63, 3.8) is 0 Å². The third-order valence-electron chi connectivity index (χ3n) is 6.02. The second-order valence-electron chi connectivity index (χ2n) is 7.89. The van der Waals surface area contributed by atoms with Crippen LogP contribution in [0.1, 0.15) is 31.4 Å². The van der Waals surface area contributed by atoms with Crippen molar-refractivity contribution in [3.05, 3.63) is 53.6 Å². The van der Waals surface area contributed by atoms with E-state index in [1.54, 1.807) is 17.0 Å². The van der Waals surface area contributed by atoms with E-state index in [1.807, 2.05) is 18.2 Å². The Labute approximate surface area is 182 Å². The Kier molecular flexibility index (Phi) is 6.42. The summed E-state index contributed by atoms with van der Waals surface area (Å²) in [7, 11) is 0. The summed E-state index contributed by atoms with van der Waals surface area (Å²) in [6, 6.07) is 13.6. The largest absolute Gasteiger partial charge is 0.454 e. The monoisotopic (exact) mass is 423 g/mol. The van der Waals surface area contributed by atoms with Gasteiger partial charge in [0, 0.05) is 37.8 Å². The molecule has 2 aromatic carbocycles. The zero-order valence-electron chi connectivity index (χ0n) is 18.1. The van der Waals surface area contributed by atoms with Gasteiger partial charge < -0.3 is 19.7 Å². The summed E-state index contributed by atoms with van der Waals surface area (Å²) in [6.45, 7) is 8.14. The molecule has 2 aromatic rings. The maximum absolute atomic E-state index is 12.8. The van der Waals surface area contributed by atoms with E-state index >= 15 is 0 Å². The van der Waals surface area contributed by atoms with Gasteiger partial charge in [-0.25, -0.2) is 0 Å². The average molecular weight is 424 g/mol. The number of nitrogens with one attached hydrogen (secondary N) is 1. The molecule has 4 rings (SSSR count). The number of benzene rings is 2. The van der Waals surface area contributed by atoms with Crippen molar-refractivity contribution < 1.29 is 19.1 Å². The van der Waals surface area contributed by atoms with Crippen molar-refractivity contribution >= 4 is 17.5 Å². The second kappa shape index (κ2) is 9.39. The molecule has 2 amide bonds. The highest BCUT2D eigenvalue weighted by Crippen LogP contribution is 2.37. The van der Waals surface area contributed by atoms with Gasteiger partial charge in [0.25, 0.3) is 0 Å². The Morgan fingerprint density at radius 2 is 1.84 bits per heavy atom. The fraction of sp³-hybridized carbons (Fsp3) is 0.417. The van der Waals surface area contributed by atoms with E-state index in [1.165, 1.54) is 5.56 Å². The van der Waals surface area contributed by atoms with Crippen LogP contribution in [0.4, 0.5) is 5.69 Å². The zero-order chi connectivity index (χ0) is 21.8. The van der Waals surface area contributed by atoms with Crippen LogP contribution in [0.2, 0.25) is 0 Å². The molecule has 1 saturated heterocycles. The number of carbonyl (C=O) groups is 2. The van der Waals surface area contributed by atoms with Crippen molar-refractivity contribution in [3.8, 4) is 11.5 Å². The van der Waals surface area contributed by atoms with Gasteiger partial charge in [0.05, 0.1) is 5.92 Å². The van der Waals surface area contributed by atoms with Crippen molar-refractivity contribution in [1.29, 1.82) is 0 Å². The van der Waals surface area contributed by atoms with Gasteiger partial charge in [-0.05, 0) is 36.3 Å². The van der Waals surface area contributed by atoms with E-state index in [0.29, 0.717) is 24.6 Å². The van der Waals surface area contributed by atoms with Crippen LogP contribution in [-0.2, 0) is 22.7 Å². The van der Waals surface area contributed by atoms with Gasteiger partial charge >= 0.3 is 0 Å². The molecule has 1 fully saturated rings. The van der Waals surface area contributed by atoms with E-state index in [0.717, 1.165) is 30.9 Å². The van der Waals surface area contributed by atoms with Gasteiger partial charge in [-0.2, -0.15) is 0 Å². The van der Waals surface area contributed by atoms with Crippen molar-refractivity contribution in [1.82, 2.24) is 10.2 Å². The van der Waals surface area contributed by atoms with Gasteiger partial charge in [0.15, 0.2) is 11.5 Å². The first-order chi connectivity index (χ1) is 15.1. The summed E-state index contributed by atoms with van der Waals surface area (Å²) in [6.07, 6.45) is 0.210. The number of amides is 2. The zero-order valence-corrected chi connectivity index (χ0v) is 18.1. The van der Waals surface area contributed by atoms with E-state index in [2.05, 4.69) is 36.2 Å². The number of nitrogens with zero attached hydrogens (tertiary/aromatic N) is 2. The SMILES string of the molecule is CCN(CC)Cc1ccccc1CNC(=O)C1CC(=O)N(c2ccc3c(c2)OCO3)C1. The minimum Gasteiger partial charge on any atom is -0.454 e. The van der Waals surface area contributed by atoms with E-state index in [9.17, 15) is 9.59 Å². The molecule has 164 valence electrons.